The molecule has 0 unspecified atom stereocenters. The first-order chi connectivity index (χ1) is 8.11. The van der Waals surface area contributed by atoms with Crippen molar-refractivity contribution in [2.24, 2.45) is 0 Å². The number of carbonyl (C=O) groups is 1. The summed E-state index contributed by atoms with van der Waals surface area (Å²) >= 11 is 2.22. The van der Waals surface area contributed by atoms with E-state index in [-0.39, 0.29) is 5.97 Å². The van der Waals surface area contributed by atoms with Gasteiger partial charge in [0.05, 0.1) is 13.3 Å². The highest BCUT2D eigenvalue weighted by atomic mass is 127. The second-order valence-corrected chi connectivity index (χ2v) is 4.68. The zero-order valence-electron chi connectivity index (χ0n) is 9.48. The van der Waals surface area contributed by atoms with E-state index in [1.165, 1.54) is 13.2 Å². The number of ether oxygens (including phenoxy) is 1. The van der Waals surface area contributed by atoms with Crippen molar-refractivity contribution >= 4 is 39.8 Å². The molecule has 0 radical (unpaired) electrons. The van der Waals surface area contributed by atoms with Crippen molar-refractivity contribution in [2.75, 3.05) is 7.11 Å². The van der Waals surface area contributed by atoms with Gasteiger partial charge in [0.15, 0.2) is 0 Å². The molecule has 2 rings (SSSR count). The minimum Gasteiger partial charge on any atom is -0.466 e. The highest BCUT2D eigenvalue weighted by Crippen LogP contribution is 2.17. The molecule has 2 aromatic heterocycles. The normalized spacial score (nSPS) is 11.8. The number of fused-ring (bicyclic) bond motifs is 1. The van der Waals surface area contributed by atoms with Crippen LogP contribution >= 0.6 is 22.6 Å². The van der Waals surface area contributed by atoms with Crippen molar-refractivity contribution in [1.29, 1.82) is 0 Å². The molecule has 88 valence electrons. The summed E-state index contributed by atoms with van der Waals surface area (Å²) in [6.45, 7) is 1.88. The molecular formula is C12H11IN2O2. The topological polar surface area (TPSA) is 43.6 Å². The number of hydrogen-bond acceptors (Lipinski definition) is 3. The number of pyridine rings is 1. The second-order valence-electron chi connectivity index (χ2n) is 3.58. The number of hydrogen-bond donors (Lipinski definition) is 0. The highest BCUT2D eigenvalue weighted by molar-refractivity contribution is 14.1. The van der Waals surface area contributed by atoms with Crippen LogP contribution in [0.3, 0.4) is 0 Å². The van der Waals surface area contributed by atoms with Crippen LogP contribution in [0.1, 0.15) is 12.5 Å². The van der Waals surface area contributed by atoms with Gasteiger partial charge in [-0.3, -0.25) is 4.40 Å². The first-order valence-corrected chi connectivity index (χ1v) is 6.09. The summed E-state index contributed by atoms with van der Waals surface area (Å²) in [5, 5.41) is 0. The predicted octanol–water partition coefficient (Wildman–Crippen LogP) is 2.52. The Morgan fingerprint density at radius 3 is 3.00 bits per heavy atom. The second kappa shape index (κ2) is 4.87. The quantitative estimate of drug-likeness (QED) is 0.479. The van der Waals surface area contributed by atoms with Crippen molar-refractivity contribution in [3.05, 3.63) is 39.9 Å². The molecule has 2 aromatic rings. The molecule has 0 spiro atoms. The van der Waals surface area contributed by atoms with Gasteiger partial charge in [-0.15, -0.1) is 0 Å². The Hall–Kier alpha value is -1.37. The van der Waals surface area contributed by atoms with Crippen molar-refractivity contribution in [1.82, 2.24) is 9.38 Å². The average molecular weight is 342 g/mol. The van der Waals surface area contributed by atoms with Crippen LogP contribution in [0.15, 0.2) is 30.6 Å². The molecule has 0 aromatic carbocycles. The van der Waals surface area contributed by atoms with Crippen molar-refractivity contribution in [2.45, 2.75) is 6.92 Å². The number of carbonyl (C=O) groups excluding carboxylic acids is 1. The lowest BCUT2D eigenvalue weighted by atomic mass is 10.1. The number of allylic oxidation sites excluding steroid dienone is 1. The number of esters is 1. The molecule has 5 heteroatoms. The summed E-state index contributed by atoms with van der Waals surface area (Å²) in [7, 11) is 1.37. The standard InChI is InChI=1S/C12H11IN2O2/c1-8(5-12(16)17-2)9-3-4-11-14-6-10(13)15(11)7-9/h3-7H,1-2H3/b8-5+. The first-order valence-electron chi connectivity index (χ1n) is 5.01. The van der Waals surface area contributed by atoms with Gasteiger partial charge >= 0.3 is 5.97 Å². The van der Waals surface area contributed by atoms with Crippen LogP contribution in [0, 0.1) is 3.70 Å². The molecule has 4 nitrogen and oxygen atoms in total. The minimum absolute atomic E-state index is 0.345. The van der Waals surface area contributed by atoms with Crippen LogP contribution < -0.4 is 0 Å². The Labute approximate surface area is 112 Å². The van der Waals surface area contributed by atoms with Gasteiger partial charge in [-0.2, -0.15) is 0 Å². The van der Waals surface area contributed by atoms with E-state index in [1.807, 2.05) is 29.7 Å². The largest absolute Gasteiger partial charge is 0.466 e. The fourth-order valence-electron chi connectivity index (χ4n) is 1.50. The summed E-state index contributed by atoms with van der Waals surface area (Å²) in [5.41, 5.74) is 2.73. The zero-order chi connectivity index (χ0) is 12.4. The van der Waals surface area contributed by atoms with Crippen LogP contribution in [0.5, 0.6) is 0 Å². The van der Waals surface area contributed by atoms with Gasteiger partial charge in [-0.05, 0) is 52.8 Å². The summed E-state index contributed by atoms with van der Waals surface area (Å²) < 4.78 is 7.61. The Balaban J connectivity index is 2.45. The number of nitrogens with zero attached hydrogens (tertiary/aromatic N) is 2. The Morgan fingerprint density at radius 2 is 2.29 bits per heavy atom. The van der Waals surface area contributed by atoms with E-state index >= 15 is 0 Å². The lowest BCUT2D eigenvalue weighted by molar-refractivity contribution is -0.134. The molecule has 0 aliphatic rings. The molecule has 0 aliphatic heterocycles. The molecule has 0 atom stereocenters. The van der Waals surface area contributed by atoms with Crippen molar-refractivity contribution < 1.29 is 9.53 Å². The lowest BCUT2D eigenvalue weighted by Crippen LogP contribution is -1.97. The number of rotatable bonds is 2. The first kappa shape index (κ1) is 12.1. The molecule has 0 bridgehead atoms. The molecule has 0 saturated heterocycles. The highest BCUT2D eigenvalue weighted by Gasteiger charge is 2.04. The van der Waals surface area contributed by atoms with Crippen molar-refractivity contribution in [3.8, 4) is 0 Å². The van der Waals surface area contributed by atoms with Gasteiger partial charge in [0.25, 0.3) is 0 Å². The maximum Gasteiger partial charge on any atom is 0.330 e. The SMILES string of the molecule is COC(=O)/C=C(\C)c1ccc2ncc(I)n2c1. The number of methoxy groups -OCH3 is 1. The smallest absolute Gasteiger partial charge is 0.330 e. The average Bonchev–Trinajstić information content (AvgIpc) is 2.70. The molecule has 2 heterocycles. The van der Waals surface area contributed by atoms with Crippen LogP contribution in [-0.2, 0) is 9.53 Å². The molecule has 0 amide bonds. The third-order valence-electron chi connectivity index (χ3n) is 2.45. The van der Waals surface area contributed by atoms with Crippen LogP contribution in [0.2, 0.25) is 0 Å². The van der Waals surface area contributed by atoms with Crippen LogP contribution in [-0.4, -0.2) is 22.5 Å². The van der Waals surface area contributed by atoms with E-state index in [1.54, 1.807) is 6.20 Å². The molecule has 0 saturated carbocycles. The van der Waals surface area contributed by atoms with Gasteiger partial charge in [0, 0.05) is 12.3 Å². The summed E-state index contributed by atoms with van der Waals surface area (Å²) in [6, 6.07) is 3.86. The number of halogens is 1. The van der Waals surface area contributed by atoms with Gasteiger partial charge in [0.1, 0.15) is 9.35 Å². The van der Waals surface area contributed by atoms with Crippen LogP contribution in [0.4, 0.5) is 0 Å². The van der Waals surface area contributed by atoms with E-state index in [0.29, 0.717) is 0 Å². The number of aromatic nitrogens is 2. The predicted molar refractivity (Wildman–Crippen MR) is 73.6 cm³/mol. The Morgan fingerprint density at radius 1 is 1.53 bits per heavy atom. The van der Waals surface area contributed by atoms with E-state index in [2.05, 4.69) is 32.3 Å². The Kier molecular flexibility index (Phi) is 3.46. The fraction of sp³-hybridized carbons (Fsp3) is 0.167. The Bertz CT molecular complexity index is 602. The minimum atomic E-state index is -0.345. The third-order valence-corrected chi connectivity index (χ3v) is 3.25. The summed E-state index contributed by atoms with van der Waals surface area (Å²) in [5.74, 6) is -0.345. The maximum absolute atomic E-state index is 11.2. The van der Waals surface area contributed by atoms with E-state index < -0.39 is 0 Å². The van der Waals surface area contributed by atoms with Gasteiger partial charge in [-0.25, -0.2) is 9.78 Å². The molecule has 0 fully saturated rings. The molecule has 0 aliphatic carbocycles. The maximum atomic E-state index is 11.2. The van der Waals surface area contributed by atoms with Gasteiger partial charge < -0.3 is 4.74 Å². The molecular weight excluding hydrogens is 331 g/mol. The summed E-state index contributed by atoms with van der Waals surface area (Å²) in [4.78, 5) is 15.4. The van der Waals surface area contributed by atoms with E-state index in [0.717, 1.165) is 20.5 Å². The fourth-order valence-corrected chi connectivity index (χ4v) is 2.03. The summed E-state index contributed by atoms with van der Waals surface area (Å²) in [6.07, 6.45) is 5.24. The van der Waals surface area contributed by atoms with Crippen molar-refractivity contribution in [3.63, 3.8) is 0 Å². The van der Waals surface area contributed by atoms with E-state index in [9.17, 15) is 4.79 Å². The lowest BCUT2D eigenvalue weighted by Gasteiger charge is -2.03. The third kappa shape index (κ3) is 2.49. The monoisotopic (exact) mass is 342 g/mol. The zero-order valence-corrected chi connectivity index (χ0v) is 11.6. The molecule has 17 heavy (non-hydrogen) atoms. The van der Waals surface area contributed by atoms with Crippen LogP contribution in [0.25, 0.3) is 11.2 Å². The van der Waals surface area contributed by atoms with Gasteiger partial charge in [0.2, 0.25) is 0 Å². The van der Waals surface area contributed by atoms with Gasteiger partial charge in [-0.1, -0.05) is 0 Å². The molecule has 0 N–H and O–H groups in total. The number of imidazole rings is 1. The van der Waals surface area contributed by atoms with E-state index in [4.69, 9.17) is 0 Å².